The number of Topliss-reactive ketones (excluding diaryl/α,β-unsaturated/α-hetero) is 1. The maximum absolute atomic E-state index is 14.0. The van der Waals surface area contributed by atoms with Crippen LogP contribution in [0.1, 0.15) is 63.5 Å². The fourth-order valence-corrected chi connectivity index (χ4v) is 5.49. The van der Waals surface area contributed by atoms with Gasteiger partial charge in [-0.15, -0.1) is 0 Å². The van der Waals surface area contributed by atoms with E-state index in [0.29, 0.717) is 28.4 Å². The molecule has 0 unspecified atom stereocenters. The summed E-state index contributed by atoms with van der Waals surface area (Å²) in [6.07, 6.45) is 0.713. The lowest BCUT2D eigenvalue weighted by Crippen LogP contribution is -2.55. The molecule has 0 bridgehead atoms. The Morgan fingerprint density at radius 3 is 2.07 bits per heavy atom. The van der Waals surface area contributed by atoms with Crippen molar-refractivity contribution in [2.75, 3.05) is 21.3 Å². The minimum Gasteiger partial charge on any atom is -0.493 e. The highest BCUT2D eigenvalue weighted by molar-refractivity contribution is 6.04. The predicted octanol–water partition coefficient (Wildman–Crippen LogP) is 3.77. The van der Waals surface area contributed by atoms with Gasteiger partial charge >= 0.3 is 6.09 Å². The van der Waals surface area contributed by atoms with Gasteiger partial charge in [-0.1, -0.05) is 18.2 Å². The van der Waals surface area contributed by atoms with Crippen molar-refractivity contribution >= 4 is 23.7 Å². The lowest BCUT2D eigenvalue weighted by atomic mass is 9.87. The van der Waals surface area contributed by atoms with Gasteiger partial charge in [0, 0.05) is 17.3 Å². The number of nitrogens with one attached hydrogen (secondary N) is 2. The van der Waals surface area contributed by atoms with Gasteiger partial charge in [0.1, 0.15) is 11.6 Å². The van der Waals surface area contributed by atoms with Crippen LogP contribution in [0.25, 0.3) is 0 Å². The number of alkyl carbamates (subject to hydrolysis) is 1. The molecular formula is C32H40N4O8. The molecule has 1 fully saturated rings. The number of ether oxygens (including phenoxy) is 4. The van der Waals surface area contributed by atoms with Crippen LogP contribution in [0.5, 0.6) is 17.2 Å². The zero-order valence-electron chi connectivity index (χ0n) is 26.5. The average molecular weight is 609 g/mol. The number of hydrogen-bond donors (Lipinski definition) is 2. The number of benzene rings is 2. The highest BCUT2D eigenvalue weighted by atomic mass is 16.6. The smallest absolute Gasteiger partial charge is 0.408 e. The zero-order chi connectivity index (χ0) is 32.6. The Kier molecular flexibility index (Phi) is 8.96. The van der Waals surface area contributed by atoms with Gasteiger partial charge < -0.3 is 29.6 Å². The van der Waals surface area contributed by atoms with Gasteiger partial charge in [0.05, 0.1) is 39.0 Å². The summed E-state index contributed by atoms with van der Waals surface area (Å²) in [4.78, 5) is 53.6. The summed E-state index contributed by atoms with van der Waals surface area (Å²) >= 11 is 0. The molecule has 2 aliphatic rings. The van der Waals surface area contributed by atoms with Crippen LogP contribution in [0.4, 0.5) is 4.79 Å². The lowest BCUT2D eigenvalue weighted by molar-refractivity contribution is -0.135. The minimum absolute atomic E-state index is 0.233. The van der Waals surface area contributed by atoms with Gasteiger partial charge in [0.15, 0.2) is 17.3 Å². The van der Waals surface area contributed by atoms with Crippen molar-refractivity contribution < 1.29 is 38.1 Å². The van der Waals surface area contributed by atoms with Crippen molar-refractivity contribution in [3.63, 3.8) is 0 Å². The van der Waals surface area contributed by atoms with Crippen LogP contribution >= 0.6 is 0 Å². The van der Waals surface area contributed by atoms with E-state index in [9.17, 15) is 19.2 Å². The molecule has 0 spiro atoms. The molecule has 3 atom stereocenters. The van der Waals surface area contributed by atoms with E-state index in [1.807, 2.05) is 13.8 Å². The normalized spacial score (nSPS) is 19.9. The maximum atomic E-state index is 14.0. The second-order valence-corrected chi connectivity index (χ2v) is 12.1. The minimum atomic E-state index is -1.02. The SMILES string of the molecule is COc1cc([C@H]2C(C(=O)[C@H](C)NC(=O)OC(C)(C)C)=CN3C(=O)[C@H](NC(=O)c4ccccc4)C(C)(C)N23)cc(OC)c1OC. The second kappa shape index (κ2) is 12.2. The van der Waals surface area contributed by atoms with Crippen LogP contribution < -0.4 is 24.8 Å². The molecule has 0 aromatic heterocycles. The standard InChI is InChI=1S/C32H40N4O8/c1-18(33-30(40)44-31(2,3)4)25(37)21-17-35-29(39)27(34-28(38)19-13-11-10-12-14-19)32(5,6)36(35)24(21)20-15-22(41-7)26(43-9)23(16-20)42-8/h10-18,24,27H,1-9H3,(H,33,40)(H,34,38)/t18-,24-,27-/m0/s1. The topological polar surface area (TPSA) is 136 Å². The monoisotopic (exact) mass is 608 g/mol. The number of carbonyl (C=O) groups excluding carboxylic acids is 4. The number of fused-ring (bicyclic) bond motifs is 1. The van der Waals surface area contributed by atoms with Crippen LogP contribution in [0, 0.1) is 0 Å². The van der Waals surface area contributed by atoms with Crippen LogP contribution in [0.2, 0.25) is 0 Å². The predicted molar refractivity (Wildman–Crippen MR) is 161 cm³/mol. The van der Waals surface area contributed by atoms with E-state index >= 15 is 0 Å². The molecule has 44 heavy (non-hydrogen) atoms. The van der Waals surface area contributed by atoms with E-state index in [0.717, 1.165) is 0 Å². The van der Waals surface area contributed by atoms with Gasteiger partial charge in [0.25, 0.3) is 11.8 Å². The Bertz CT molecular complexity index is 1460. The molecule has 2 aromatic carbocycles. The molecule has 4 rings (SSSR count). The summed E-state index contributed by atoms with van der Waals surface area (Å²) in [5.41, 5.74) is -0.582. The van der Waals surface area contributed by atoms with Gasteiger partial charge in [-0.3, -0.25) is 14.4 Å². The van der Waals surface area contributed by atoms with Crippen molar-refractivity contribution in [2.24, 2.45) is 0 Å². The first-order valence-electron chi connectivity index (χ1n) is 14.2. The number of carbonyl (C=O) groups is 4. The number of hydrogen-bond acceptors (Lipinski definition) is 9. The summed E-state index contributed by atoms with van der Waals surface area (Å²) in [7, 11) is 4.45. The first-order chi connectivity index (χ1) is 20.6. The summed E-state index contributed by atoms with van der Waals surface area (Å²) in [5, 5.41) is 8.59. The third-order valence-corrected chi connectivity index (χ3v) is 7.53. The zero-order valence-corrected chi connectivity index (χ0v) is 26.5. The van der Waals surface area contributed by atoms with Gasteiger partial charge in [-0.05, 0) is 71.4 Å². The maximum Gasteiger partial charge on any atom is 0.408 e. The van der Waals surface area contributed by atoms with E-state index in [2.05, 4.69) is 10.6 Å². The number of nitrogens with zero attached hydrogens (tertiary/aromatic N) is 2. The summed E-state index contributed by atoms with van der Waals surface area (Å²) < 4.78 is 22.0. The van der Waals surface area contributed by atoms with E-state index in [4.69, 9.17) is 18.9 Å². The number of hydrazine groups is 1. The molecule has 236 valence electrons. The Balaban J connectivity index is 1.78. The van der Waals surface area contributed by atoms with Crippen LogP contribution in [-0.2, 0) is 14.3 Å². The first kappa shape index (κ1) is 32.3. The molecular weight excluding hydrogens is 568 g/mol. The van der Waals surface area contributed by atoms with Crippen LogP contribution in [0.3, 0.4) is 0 Å². The molecule has 2 heterocycles. The molecule has 12 nitrogen and oxygen atoms in total. The van der Waals surface area contributed by atoms with Crippen molar-refractivity contribution in [1.82, 2.24) is 20.7 Å². The third kappa shape index (κ3) is 6.07. The highest BCUT2D eigenvalue weighted by Gasteiger charge is 2.59. The fourth-order valence-electron chi connectivity index (χ4n) is 5.49. The molecule has 2 aromatic rings. The Morgan fingerprint density at radius 1 is 0.955 bits per heavy atom. The number of ketones is 1. The molecule has 3 amide bonds. The molecule has 0 radical (unpaired) electrons. The number of amides is 3. The largest absolute Gasteiger partial charge is 0.493 e. The highest BCUT2D eigenvalue weighted by Crippen LogP contribution is 2.50. The fraction of sp³-hybridized carbons (Fsp3) is 0.438. The second-order valence-electron chi connectivity index (χ2n) is 12.1. The Hall–Kier alpha value is -4.58. The van der Waals surface area contributed by atoms with Crippen LogP contribution in [-0.4, -0.2) is 78.3 Å². The summed E-state index contributed by atoms with van der Waals surface area (Å²) in [6, 6.07) is 9.24. The molecule has 1 saturated heterocycles. The quantitative estimate of drug-likeness (QED) is 0.436. The van der Waals surface area contributed by atoms with Crippen molar-refractivity contribution in [1.29, 1.82) is 0 Å². The van der Waals surface area contributed by atoms with E-state index in [-0.39, 0.29) is 5.57 Å². The van der Waals surface area contributed by atoms with E-state index in [1.54, 1.807) is 75.2 Å². The van der Waals surface area contributed by atoms with E-state index in [1.165, 1.54) is 32.5 Å². The molecule has 0 aliphatic carbocycles. The first-order valence-corrected chi connectivity index (χ1v) is 14.2. The van der Waals surface area contributed by atoms with Gasteiger partial charge in [-0.2, -0.15) is 5.01 Å². The van der Waals surface area contributed by atoms with Crippen molar-refractivity contribution in [3.05, 3.63) is 65.4 Å². The Morgan fingerprint density at radius 2 is 1.55 bits per heavy atom. The van der Waals surface area contributed by atoms with Crippen molar-refractivity contribution in [3.8, 4) is 17.2 Å². The molecule has 0 saturated carbocycles. The van der Waals surface area contributed by atoms with E-state index < -0.39 is 53.0 Å². The van der Waals surface area contributed by atoms with Crippen molar-refractivity contribution in [2.45, 2.75) is 70.8 Å². The molecule has 2 N–H and O–H groups in total. The number of rotatable bonds is 9. The number of methoxy groups -OCH3 is 3. The molecule has 12 heteroatoms. The average Bonchev–Trinajstić information content (AvgIpc) is 3.46. The Labute approximate surface area is 257 Å². The molecule has 2 aliphatic heterocycles. The van der Waals surface area contributed by atoms with Gasteiger partial charge in [0.2, 0.25) is 5.75 Å². The van der Waals surface area contributed by atoms with Crippen LogP contribution in [0.15, 0.2) is 54.2 Å². The summed E-state index contributed by atoms with van der Waals surface area (Å²) in [5.74, 6) is -0.201. The van der Waals surface area contributed by atoms with Gasteiger partial charge in [-0.25, -0.2) is 9.80 Å². The lowest BCUT2D eigenvalue weighted by Gasteiger charge is -2.39. The third-order valence-electron chi connectivity index (χ3n) is 7.53. The summed E-state index contributed by atoms with van der Waals surface area (Å²) in [6.45, 7) is 10.4.